The van der Waals surface area contributed by atoms with Crippen molar-refractivity contribution in [2.45, 2.75) is 6.42 Å². The summed E-state index contributed by atoms with van der Waals surface area (Å²) >= 11 is 0. The Morgan fingerprint density at radius 2 is 1.87 bits per heavy atom. The summed E-state index contributed by atoms with van der Waals surface area (Å²) in [6, 6.07) is 13.2. The molecular formula is C23H16F2N4O2. The lowest BCUT2D eigenvalue weighted by Gasteiger charge is -2.12. The Hall–Kier alpha value is -4.07. The molecule has 1 amide bonds. The summed E-state index contributed by atoms with van der Waals surface area (Å²) in [5.41, 5.74) is 2.66. The molecule has 2 N–H and O–H groups in total. The normalized spacial score (nSPS) is 12.9. The molecule has 5 rings (SSSR count). The van der Waals surface area contributed by atoms with Crippen LogP contribution in [-0.4, -0.2) is 27.4 Å². The Balaban J connectivity index is 1.54. The van der Waals surface area contributed by atoms with Gasteiger partial charge in [-0.2, -0.15) is 0 Å². The number of aromatic nitrogens is 3. The van der Waals surface area contributed by atoms with Crippen molar-refractivity contribution in [3.63, 3.8) is 0 Å². The van der Waals surface area contributed by atoms with E-state index in [0.717, 1.165) is 5.69 Å². The molecule has 4 aromatic rings. The highest BCUT2D eigenvalue weighted by Gasteiger charge is 2.21. The van der Waals surface area contributed by atoms with Crippen LogP contribution in [0.1, 0.15) is 16.1 Å². The number of fused-ring (bicyclic) bond motifs is 1. The summed E-state index contributed by atoms with van der Waals surface area (Å²) < 4.78 is 33.8. The van der Waals surface area contributed by atoms with E-state index >= 15 is 0 Å². The third-order valence-electron chi connectivity index (χ3n) is 4.98. The van der Waals surface area contributed by atoms with Gasteiger partial charge in [-0.25, -0.2) is 18.7 Å². The van der Waals surface area contributed by atoms with E-state index in [1.165, 1.54) is 42.6 Å². The zero-order valence-electron chi connectivity index (χ0n) is 16.2. The monoisotopic (exact) mass is 418 g/mol. The lowest BCUT2D eigenvalue weighted by molar-refractivity contribution is 0.0946. The number of H-pyrrole nitrogens is 1. The van der Waals surface area contributed by atoms with Gasteiger partial charge < -0.3 is 15.0 Å². The molecule has 0 aliphatic carbocycles. The lowest BCUT2D eigenvalue weighted by Crippen LogP contribution is -2.31. The van der Waals surface area contributed by atoms with Crippen molar-refractivity contribution in [1.29, 1.82) is 0 Å². The molecule has 0 fully saturated rings. The number of carbonyl (C=O) groups is 1. The number of amides is 1. The van der Waals surface area contributed by atoms with Crippen molar-refractivity contribution in [2.75, 3.05) is 6.54 Å². The molecule has 3 heterocycles. The Morgan fingerprint density at radius 3 is 2.68 bits per heavy atom. The minimum Gasteiger partial charge on any atom is -0.456 e. The smallest absolute Gasteiger partial charge is 0.253 e. The van der Waals surface area contributed by atoms with Gasteiger partial charge in [0.05, 0.1) is 22.5 Å². The number of nitrogens with zero attached hydrogens (tertiary/aromatic N) is 2. The number of aromatic amines is 1. The first-order chi connectivity index (χ1) is 15.1. The van der Waals surface area contributed by atoms with Crippen LogP contribution in [0.15, 0.2) is 60.8 Å². The second-order valence-electron chi connectivity index (χ2n) is 7.02. The summed E-state index contributed by atoms with van der Waals surface area (Å²) in [6.07, 6.45) is 2.22. The van der Waals surface area contributed by atoms with Gasteiger partial charge in [0.25, 0.3) is 5.91 Å². The summed E-state index contributed by atoms with van der Waals surface area (Å²) in [7, 11) is 0. The fourth-order valence-corrected chi connectivity index (χ4v) is 3.50. The van der Waals surface area contributed by atoms with E-state index in [4.69, 9.17) is 4.74 Å². The highest BCUT2D eigenvalue weighted by Crippen LogP contribution is 2.34. The summed E-state index contributed by atoms with van der Waals surface area (Å²) in [4.78, 5) is 24.0. The van der Waals surface area contributed by atoms with Gasteiger partial charge >= 0.3 is 0 Å². The molecule has 0 saturated heterocycles. The summed E-state index contributed by atoms with van der Waals surface area (Å²) in [5, 5.41) is 2.80. The van der Waals surface area contributed by atoms with Crippen LogP contribution < -0.4 is 10.1 Å². The lowest BCUT2D eigenvalue weighted by atomic mass is 10.1. The van der Waals surface area contributed by atoms with Gasteiger partial charge in [0, 0.05) is 24.9 Å². The Bertz CT molecular complexity index is 1290. The van der Waals surface area contributed by atoms with E-state index in [9.17, 15) is 13.6 Å². The molecule has 0 radical (unpaired) electrons. The van der Waals surface area contributed by atoms with Crippen LogP contribution in [0.2, 0.25) is 0 Å². The SMILES string of the molecule is O=C1NCCc2[nH]c(-c3ccnc(-c4c(F)cccc4Oc4ccc(F)cc4)n3)cc21. The van der Waals surface area contributed by atoms with Gasteiger partial charge in [-0.3, -0.25) is 4.79 Å². The maximum Gasteiger partial charge on any atom is 0.253 e. The van der Waals surface area contributed by atoms with Gasteiger partial charge in [-0.05, 0) is 48.5 Å². The molecule has 2 aromatic heterocycles. The second-order valence-corrected chi connectivity index (χ2v) is 7.02. The third-order valence-corrected chi connectivity index (χ3v) is 4.98. The van der Waals surface area contributed by atoms with Crippen molar-refractivity contribution in [3.05, 3.63) is 83.7 Å². The maximum absolute atomic E-state index is 14.8. The topological polar surface area (TPSA) is 79.9 Å². The van der Waals surface area contributed by atoms with E-state index in [-0.39, 0.29) is 23.0 Å². The van der Waals surface area contributed by atoms with Crippen LogP contribution in [0.5, 0.6) is 11.5 Å². The van der Waals surface area contributed by atoms with Gasteiger partial charge in [0.2, 0.25) is 0 Å². The quantitative estimate of drug-likeness (QED) is 0.512. The van der Waals surface area contributed by atoms with Crippen molar-refractivity contribution in [1.82, 2.24) is 20.3 Å². The van der Waals surface area contributed by atoms with E-state index in [1.807, 2.05) is 0 Å². The molecule has 154 valence electrons. The molecule has 0 unspecified atom stereocenters. The van der Waals surface area contributed by atoms with Crippen molar-refractivity contribution >= 4 is 5.91 Å². The number of benzene rings is 2. The van der Waals surface area contributed by atoms with Gasteiger partial charge in [0.15, 0.2) is 5.82 Å². The highest BCUT2D eigenvalue weighted by molar-refractivity contribution is 5.97. The average Bonchev–Trinajstić information content (AvgIpc) is 3.22. The summed E-state index contributed by atoms with van der Waals surface area (Å²) in [6.45, 7) is 0.570. The fourth-order valence-electron chi connectivity index (χ4n) is 3.50. The highest BCUT2D eigenvalue weighted by atomic mass is 19.1. The molecule has 0 saturated carbocycles. The zero-order valence-corrected chi connectivity index (χ0v) is 16.2. The van der Waals surface area contributed by atoms with Crippen LogP contribution in [0.3, 0.4) is 0 Å². The minimum absolute atomic E-state index is 0.0859. The Morgan fingerprint density at radius 1 is 1.03 bits per heavy atom. The third kappa shape index (κ3) is 3.63. The molecule has 0 spiro atoms. The maximum atomic E-state index is 14.8. The van der Waals surface area contributed by atoms with Gasteiger partial charge in [0.1, 0.15) is 23.1 Å². The van der Waals surface area contributed by atoms with Crippen molar-refractivity contribution in [3.8, 4) is 34.3 Å². The molecule has 1 aliphatic rings. The van der Waals surface area contributed by atoms with E-state index < -0.39 is 11.6 Å². The standard InChI is InChI=1S/C23H16F2N4O2/c24-13-4-6-14(7-5-13)31-20-3-1-2-16(25)21(20)22-26-10-9-18(29-22)19-12-15-17(28-19)8-11-27-23(15)30/h1-7,9-10,12,28H,8,11H2,(H,27,30). The Kier molecular flexibility index (Phi) is 4.66. The zero-order chi connectivity index (χ0) is 21.4. The van der Waals surface area contributed by atoms with Crippen LogP contribution in [0.25, 0.3) is 22.8 Å². The first-order valence-corrected chi connectivity index (χ1v) is 9.64. The molecule has 0 bridgehead atoms. The number of nitrogens with one attached hydrogen (secondary N) is 2. The first-order valence-electron chi connectivity index (χ1n) is 9.64. The van der Waals surface area contributed by atoms with Gasteiger partial charge in [-0.15, -0.1) is 0 Å². The van der Waals surface area contributed by atoms with E-state index in [0.29, 0.717) is 35.7 Å². The number of carbonyl (C=O) groups excluding carboxylic acids is 1. The van der Waals surface area contributed by atoms with E-state index in [1.54, 1.807) is 18.2 Å². The summed E-state index contributed by atoms with van der Waals surface area (Å²) in [5.74, 6) is -0.402. The molecule has 0 atom stereocenters. The van der Waals surface area contributed by atoms with Gasteiger partial charge in [-0.1, -0.05) is 6.07 Å². The Labute approximate surface area is 175 Å². The average molecular weight is 418 g/mol. The number of hydrogen-bond acceptors (Lipinski definition) is 4. The minimum atomic E-state index is -0.554. The number of ether oxygens (including phenoxy) is 1. The molecule has 2 aromatic carbocycles. The van der Waals surface area contributed by atoms with E-state index in [2.05, 4.69) is 20.3 Å². The molecule has 1 aliphatic heterocycles. The fraction of sp³-hybridized carbons (Fsp3) is 0.0870. The number of rotatable bonds is 4. The molecule has 8 heteroatoms. The number of hydrogen-bond donors (Lipinski definition) is 2. The largest absolute Gasteiger partial charge is 0.456 e. The van der Waals surface area contributed by atoms with Crippen LogP contribution in [0, 0.1) is 11.6 Å². The molecular weight excluding hydrogens is 402 g/mol. The second kappa shape index (κ2) is 7.64. The van der Waals surface area contributed by atoms with Crippen LogP contribution in [0.4, 0.5) is 8.78 Å². The van der Waals surface area contributed by atoms with Crippen molar-refractivity contribution in [2.24, 2.45) is 0 Å². The molecule has 6 nitrogen and oxygen atoms in total. The van der Waals surface area contributed by atoms with Crippen LogP contribution in [-0.2, 0) is 6.42 Å². The first kappa shape index (κ1) is 18.9. The molecule has 31 heavy (non-hydrogen) atoms. The van der Waals surface area contributed by atoms with Crippen molar-refractivity contribution < 1.29 is 18.3 Å². The predicted octanol–water partition coefficient (Wildman–Crippen LogP) is 4.50. The number of halogens is 2. The predicted molar refractivity (Wildman–Crippen MR) is 110 cm³/mol. The van der Waals surface area contributed by atoms with Crippen LogP contribution >= 0.6 is 0 Å².